The van der Waals surface area contributed by atoms with E-state index in [0.717, 1.165) is 32.8 Å². The zero-order valence-corrected chi connectivity index (χ0v) is 20.4. The Kier molecular flexibility index (Phi) is 6.08. The predicted octanol–water partition coefficient (Wildman–Crippen LogP) is 5.01. The van der Waals surface area contributed by atoms with Crippen LogP contribution in [0.25, 0.3) is 29.0 Å². The highest BCUT2D eigenvalue weighted by molar-refractivity contribution is 7.96. The van der Waals surface area contributed by atoms with Gasteiger partial charge in [0.2, 0.25) is 0 Å². The summed E-state index contributed by atoms with van der Waals surface area (Å²) in [5, 5.41) is 3.34. The van der Waals surface area contributed by atoms with Crippen LogP contribution in [0.5, 0.6) is 0 Å². The van der Waals surface area contributed by atoms with E-state index in [1.807, 2.05) is 43.5 Å². The topological polar surface area (TPSA) is 76.4 Å². The van der Waals surface area contributed by atoms with Gasteiger partial charge < -0.3 is 16.2 Å². The van der Waals surface area contributed by atoms with Gasteiger partial charge in [-0.3, -0.25) is 0 Å². The number of halogens is 3. The number of alkyl halides is 2. The number of nitrogen functional groups attached to an aromatic ring is 2. The van der Waals surface area contributed by atoms with E-state index in [0.29, 0.717) is 28.9 Å². The first-order valence-electron chi connectivity index (χ1n) is 11.5. The van der Waals surface area contributed by atoms with Crippen molar-refractivity contribution in [2.24, 2.45) is 4.40 Å². The van der Waals surface area contributed by atoms with E-state index in [2.05, 4.69) is 9.12 Å². The van der Waals surface area contributed by atoms with E-state index in [1.54, 1.807) is 18.3 Å². The summed E-state index contributed by atoms with van der Waals surface area (Å²) in [6, 6.07) is 10.2. The van der Waals surface area contributed by atoms with Crippen LogP contribution < -0.4 is 26.6 Å². The molecule has 0 radical (unpaired) electrons. The van der Waals surface area contributed by atoms with Gasteiger partial charge in [0.1, 0.15) is 5.82 Å². The number of fused-ring (bicyclic) bond motifs is 5. The molecule has 0 aromatic heterocycles. The fraction of sp³-hybridized carbons (Fsp3) is 0.179. The molecule has 8 heteroatoms. The molecule has 184 valence electrons. The molecule has 1 aliphatic heterocycles. The molecule has 36 heavy (non-hydrogen) atoms. The van der Waals surface area contributed by atoms with Crippen molar-refractivity contribution >= 4 is 58.7 Å². The number of nitrogens with zero attached hydrogens (tertiary/aromatic N) is 1. The van der Waals surface area contributed by atoms with E-state index < -0.39 is 11.3 Å². The molecule has 0 amide bonds. The van der Waals surface area contributed by atoms with Crippen LogP contribution >= 0.6 is 12.1 Å². The third kappa shape index (κ3) is 4.48. The lowest BCUT2D eigenvalue weighted by Crippen LogP contribution is -2.38. The number of allylic oxidation sites excluding steroid dienone is 2. The fourth-order valence-electron chi connectivity index (χ4n) is 4.92. The highest BCUT2D eigenvalue weighted by Gasteiger charge is 2.32. The van der Waals surface area contributed by atoms with E-state index in [4.69, 9.17) is 11.5 Å². The van der Waals surface area contributed by atoms with Gasteiger partial charge in [0, 0.05) is 40.8 Å². The fourth-order valence-corrected chi connectivity index (χ4v) is 5.26. The highest BCUT2D eigenvalue weighted by atomic mass is 32.2. The summed E-state index contributed by atoms with van der Waals surface area (Å²) in [6.45, 7) is 1.95. The van der Waals surface area contributed by atoms with Crippen molar-refractivity contribution in [2.45, 2.75) is 31.1 Å². The summed E-state index contributed by atoms with van der Waals surface area (Å²) < 4.78 is 49.3. The van der Waals surface area contributed by atoms with Crippen LogP contribution in [0.1, 0.15) is 30.0 Å². The maximum atomic E-state index is 14.6. The minimum absolute atomic E-state index is 0.317. The minimum Gasteiger partial charge on any atom is -0.399 e. The van der Waals surface area contributed by atoms with Crippen molar-refractivity contribution in [1.82, 2.24) is 4.72 Å². The van der Waals surface area contributed by atoms with Gasteiger partial charge >= 0.3 is 0 Å². The van der Waals surface area contributed by atoms with Crippen LogP contribution in [0.4, 0.5) is 24.5 Å². The maximum Gasteiger partial charge on any atom is 0.270 e. The number of nitrogens with one attached hydrogen (secondary N) is 1. The third-order valence-corrected chi connectivity index (χ3v) is 7.19. The molecule has 0 spiro atoms. The summed E-state index contributed by atoms with van der Waals surface area (Å²) in [5.41, 5.74) is 14.6. The summed E-state index contributed by atoms with van der Waals surface area (Å²) in [4.78, 5) is 0. The second-order valence-electron chi connectivity index (χ2n) is 9.32. The standard InChI is InChI=1S/C25H21F3N2.C3H4N2S/c1-24(21-10-15(29)3-5-22(21)26)8-7-17-16-4-2-14-6-9-25(27,28)13-19(14)18(16)11-23(30)20(17)12-24;1-2-4-6-5-3-1/h2-7,9-12H,8,13,29-30H2,1H3;1-4H/t24-;/m1./s1. The molecule has 0 bridgehead atoms. The monoisotopic (exact) mass is 506 g/mol. The van der Waals surface area contributed by atoms with Crippen LogP contribution in [0.15, 0.2) is 59.1 Å². The SMILES string of the molecule is C1=CNSN=C1.C[C@]1(c2cc(N)ccc2F)C=c2c(N)cc3c4c(ccc3c2=CC1)C=CC(F)(F)C4. The van der Waals surface area contributed by atoms with Gasteiger partial charge in [0.05, 0.1) is 12.1 Å². The first-order valence-corrected chi connectivity index (χ1v) is 12.2. The van der Waals surface area contributed by atoms with Gasteiger partial charge in [-0.1, -0.05) is 37.3 Å². The molecule has 1 heterocycles. The number of anilines is 2. The molecular weight excluding hydrogens is 481 g/mol. The number of benzene rings is 3. The van der Waals surface area contributed by atoms with Crippen molar-refractivity contribution in [1.29, 1.82) is 0 Å². The average Bonchev–Trinajstić information content (AvgIpc) is 2.87. The zero-order valence-electron chi connectivity index (χ0n) is 19.6. The zero-order chi connectivity index (χ0) is 25.5. The Labute approximate surface area is 211 Å². The van der Waals surface area contributed by atoms with Gasteiger partial charge in [-0.25, -0.2) is 17.6 Å². The summed E-state index contributed by atoms with van der Waals surface area (Å²) >= 11 is 1.33. The van der Waals surface area contributed by atoms with Gasteiger partial charge in [0.15, 0.2) is 0 Å². The first kappa shape index (κ1) is 24.1. The molecule has 3 aromatic rings. The number of hydrogen-bond acceptors (Lipinski definition) is 5. The van der Waals surface area contributed by atoms with Crippen LogP contribution in [-0.4, -0.2) is 12.1 Å². The van der Waals surface area contributed by atoms with Gasteiger partial charge in [-0.15, -0.1) is 0 Å². The van der Waals surface area contributed by atoms with Crippen molar-refractivity contribution in [3.05, 3.63) is 87.7 Å². The largest absolute Gasteiger partial charge is 0.399 e. The number of nitrogens with two attached hydrogens (primary N) is 2. The Balaban J connectivity index is 0.000000391. The van der Waals surface area contributed by atoms with Crippen LogP contribution in [-0.2, 0) is 11.8 Å². The van der Waals surface area contributed by atoms with Gasteiger partial charge in [-0.2, -0.15) is 0 Å². The molecule has 0 saturated carbocycles. The third-order valence-electron chi connectivity index (χ3n) is 6.72. The predicted molar refractivity (Wildman–Crippen MR) is 145 cm³/mol. The Bertz CT molecular complexity index is 1560. The average molecular weight is 507 g/mol. The van der Waals surface area contributed by atoms with Gasteiger partial charge in [-0.05, 0) is 75.5 Å². The quantitative estimate of drug-likeness (QED) is 0.321. The number of rotatable bonds is 1. The van der Waals surface area contributed by atoms with Crippen molar-refractivity contribution in [2.75, 3.05) is 11.5 Å². The van der Waals surface area contributed by atoms with Crippen LogP contribution in [0.2, 0.25) is 0 Å². The van der Waals surface area contributed by atoms with Crippen LogP contribution in [0, 0.1) is 5.82 Å². The molecule has 3 aromatic carbocycles. The maximum absolute atomic E-state index is 14.6. The molecule has 3 aliphatic rings. The Morgan fingerprint density at radius 3 is 2.58 bits per heavy atom. The Hall–Kier alpha value is -3.65. The minimum atomic E-state index is -2.87. The molecule has 4 nitrogen and oxygen atoms in total. The second-order valence-corrected chi connectivity index (χ2v) is 9.95. The van der Waals surface area contributed by atoms with Gasteiger partial charge in [0.25, 0.3) is 5.92 Å². The highest BCUT2D eigenvalue weighted by Crippen LogP contribution is 2.37. The van der Waals surface area contributed by atoms with Crippen molar-refractivity contribution in [3.8, 4) is 0 Å². The van der Waals surface area contributed by atoms with Crippen molar-refractivity contribution in [3.63, 3.8) is 0 Å². The molecule has 5 N–H and O–H groups in total. The van der Waals surface area contributed by atoms with Crippen molar-refractivity contribution < 1.29 is 13.2 Å². The normalized spacial score (nSPS) is 20.8. The summed E-state index contributed by atoms with van der Waals surface area (Å²) in [6.07, 6.45) is 12.0. The van der Waals surface area contributed by atoms with E-state index in [1.165, 1.54) is 30.3 Å². The lowest BCUT2D eigenvalue weighted by molar-refractivity contribution is 0.0557. The molecule has 1 atom stereocenters. The molecule has 2 aliphatic carbocycles. The summed E-state index contributed by atoms with van der Waals surface area (Å²) in [5.74, 6) is -3.19. The summed E-state index contributed by atoms with van der Waals surface area (Å²) in [7, 11) is 0. The lowest BCUT2D eigenvalue weighted by Gasteiger charge is -2.29. The van der Waals surface area contributed by atoms with E-state index in [-0.39, 0.29) is 12.2 Å². The lowest BCUT2D eigenvalue weighted by atomic mass is 9.75. The molecule has 0 unspecified atom stereocenters. The Morgan fingerprint density at radius 2 is 1.89 bits per heavy atom. The van der Waals surface area contributed by atoms with E-state index >= 15 is 0 Å². The van der Waals surface area contributed by atoms with Crippen LogP contribution in [0.3, 0.4) is 0 Å². The molecule has 6 rings (SSSR count). The first-order chi connectivity index (χ1) is 17.2. The smallest absolute Gasteiger partial charge is 0.270 e. The molecule has 0 saturated heterocycles. The number of hydrogen-bond donors (Lipinski definition) is 3. The van der Waals surface area contributed by atoms with E-state index in [9.17, 15) is 13.2 Å². The Morgan fingerprint density at radius 1 is 1.06 bits per heavy atom. The molecule has 0 fully saturated rings. The molecular formula is C28H25F3N4S. The second kappa shape index (κ2) is 9.09.